The number of benzene rings is 1. The van der Waals surface area contributed by atoms with Crippen LogP contribution in [0.4, 0.5) is 10.1 Å². The molecule has 10 heteroatoms. The van der Waals surface area contributed by atoms with Crippen LogP contribution in [-0.4, -0.2) is 38.2 Å². The van der Waals surface area contributed by atoms with Crippen LogP contribution in [0.1, 0.15) is 30.9 Å². The first kappa shape index (κ1) is 22.9. The van der Waals surface area contributed by atoms with E-state index in [1.807, 2.05) is 6.07 Å². The van der Waals surface area contributed by atoms with Gasteiger partial charge in [-0.3, -0.25) is 9.97 Å². The van der Waals surface area contributed by atoms with Gasteiger partial charge in [0.1, 0.15) is 11.5 Å². The third kappa shape index (κ3) is 4.60. The van der Waals surface area contributed by atoms with Crippen molar-refractivity contribution < 1.29 is 14.5 Å². The molecule has 0 atom stereocenters. The summed E-state index contributed by atoms with van der Waals surface area (Å²) in [6.45, 7) is 6.24. The van der Waals surface area contributed by atoms with Crippen molar-refractivity contribution in [3.05, 3.63) is 59.9 Å². The average Bonchev–Trinajstić information content (AvgIpc) is 3.33. The fourth-order valence-electron chi connectivity index (χ4n) is 3.26. The first-order valence-electron chi connectivity index (χ1n) is 10.6. The number of nitrogens with two attached hydrogens (primary N) is 1. The molecule has 3 heterocycles. The Balaban J connectivity index is 0.00000342. The minimum atomic E-state index is -0.747. The average molecular weight is 467 g/mol. The fourth-order valence-corrected chi connectivity index (χ4v) is 3.26. The summed E-state index contributed by atoms with van der Waals surface area (Å²) in [5, 5.41) is 20.8. The van der Waals surface area contributed by atoms with Crippen LogP contribution >= 0.6 is 0 Å². The van der Waals surface area contributed by atoms with Crippen LogP contribution < -0.4 is 11.1 Å². The maximum absolute atomic E-state index is 13.8. The molecule has 0 bridgehead atoms. The van der Waals surface area contributed by atoms with E-state index in [9.17, 15) is 9.65 Å². The van der Waals surface area contributed by atoms with Crippen molar-refractivity contribution in [1.82, 2.24) is 25.1 Å². The molecule has 4 rings (SSSR count). The third-order valence-electron chi connectivity index (χ3n) is 5.23. The number of anilines is 1. The first-order chi connectivity index (χ1) is 16.3. The molecular weight excluding hydrogens is 435 g/mol. The molecule has 0 aliphatic rings. The van der Waals surface area contributed by atoms with Gasteiger partial charge in [0.15, 0.2) is 0 Å². The highest BCUT2D eigenvalue weighted by Gasteiger charge is 2.23. The quantitative estimate of drug-likeness (QED) is 0.391. The third-order valence-corrected chi connectivity index (χ3v) is 5.23. The molecule has 3 aromatic heterocycles. The highest BCUT2D eigenvalue weighted by Crippen LogP contribution is 2.31. The number of aryl methyl sites for hydroxylation is 1. The molecule has 3 N–H and O–H groups in total. The molecule has 0 fully saturated rings. The molecule has 0 radical (unpaired) electrons. The Kier molecular flexibility index (Phi) is 6.30. The number of pyridine rings is 1. The van der Waals surface area contributed by atoms with Gasteiger partial charge >= 0.3 is 0 Å². The van der Waals surface area contributed by atoms with Crippen molar-refractivity contribution in [2.24, 2.45) is 5.73 Å². The lowest BCUT2D eigenvalue weighted by Crippen LogP contribution is -2.15. The Labute approximate surface area is 201 Å². The molecule has 180 valence electrons. The Morgan fingerprint density at radius 3 is 2.74 bits per heavy atom. The van der Waals surface area contributed by atoms with Gasteiger partial charge in [-0.15, -0.1) is 10.2 Å². The molecule has 34 heavy (non-hydrogen) atoms. The summed E-state index contributed by atoms with van der Waals surface area (Å²) in [6, 6.07) is 10.1. The summed E-state index contributed by atoms with van der Waals surface area (Å²) in [4.78, 5) is 13.5. The lowest BCUT2D eigenvalue weighted by molar-refractivity contribution is 0.580. The predicted octanol–water partition coefficient (Wildman–Crippen LogP) is 4.86. The number of aromatic nitrogens is 5. The van der Waals surface area contributed by atoms with E-state index in [0.29, 0.717) is 47.1 Å². The number of nitrogens with one attached hydrogen (secondary N) is 1. The van der Waals surface area contributed by atoms with Gasteiger partial charge in [0, 0.05) is 36.2 Å². The zero-order valence-corrected chi connectivity index (χ0v) is 19.0. The number of hydrogen-bond donors (Lipinski definition) is 2. The van der Waals surface area contributed by atoms with Crippen molar-refractivity contribution in [3.63, 3.8) is 0 Å². The van der Waals surface area contributed by atoms with Crippen LogP contribution in [0.2, 0.25) is 0 Å². The van der Waals surface area contributed by atoms with Crippen molar-refractivity contribution in [1.29, 1.82) is 5.26 Å². The van der Waals surface area contributed by atoms with Gasteiger partial charge in [0.2, 0.25) is 5.89 Å². The van der Waals surface area contributed by atoms with E-state index in [1.165, 1.54) is 12.1 Å². The van der Waals surface area contributed by atoms with Crippen molar-refractivity contribution >= 4 is 5.69 Å². The lowest BCUT2D eigenvalue weighted by Gasteiger charge is -2.15. The Bertz CT molecular complexity index is 1390. The van der Waals surface area contributed by atoms with E-state index < -0.39 is 11.2 Å². The number of nitriles is 1. The second kappa shape index (κ2) is 9.33. The van der Waals surface area contributed by atoms with Gasteiger partial charge in [-0.1, -0.05) is 0 Å². The van der Waals surface area contributed by atoms with Gasteiger partial charge in [-0.25, -0.2) is 9.37 Å². The van der Waals surface area contributed by atoms with E-state index in [2.05, 4.69) is 31.6 Å². The molecule has 0 saturated carbocycles. The molecule has 9 nitrogen and oxygen atoms in total. The van der Waals surface area contributed by atoms with Crippen LogP contribution in [0, 0.1) is 24.1 Å². The Morgan fingerprint density at radius 2 is 1.97 bits per heavy atom. The smallest absolute Gasteiger partial charge is 0.268 e. The van der Waals surface area contributed by atoms with E-state index >= 15 is 0 Å². The SMILES string of the molecule is Cc1ncc(-c2ccnc(C(C)(C)C#N)c2)nc1-c1nnc(-c2ccc(F)cc2NCCN)o1.[HH].[HH].[HH].[HH]. The Morgan fingerprint density at radius 1 is 1.18 bits per heavy atom. The van der Waals surface area contributed by atoms with Crippen molar-refractivity contribution in [3.8, 4) is 40.4 Å². The number of hydrogen-bond acceptors (Lipinski definition) is 9. The molecule has 1 aromatic carbocycles. The summed E-state index contributed by atoms with van der Waals surface area (Å²) >= 11 is 0. The summed E-state index contributed by atoms with van der Waals surface area (Å²) in [5.41, 5.74) is 8.85. The zero-order valence-electron chi connectivity index (χ0n) is 19.0. The monoisotopic (exact) mass is 466 g/mol. The molecule has 0 saturated heterocycles. The molecule has 0 unspecified atom stereocenters. The predicted molar refractivity (Wildman–Crippen MR) is 133 cm³/mol. The lowest BCUT2D eigenvalue weighted by atomic mass is 9.90. The van der Waals surface area contributed by atoms with Crippen LogP contribution in [-0.2, 0) is 5.41 Å². The highest BCUT2D eigenvalue weighted by molar-refractivity contribution is 5.73. The standard InChI is InChI=1S/C24H23FN8O.4H2/c1-14-21(31-19(12-30-14)15-6-8-29-20(10-15)24(2,3)13-27)23-33-32-22(34-23)17-5-4-16(25)11-18(17)28-9-7-26;;;;/h4-6,8,10-12,28H,7,9,26H2,1-3H3;4*1H. The minimum Gasteiger partial charge on any atom is -0.414 e. The molecule has 0 aliphatic carbocycles. The van der Waals surface area contributed by atoms with Gasteiger partial charge in [-0.2, -0.15) is 5.26 Å². The number of rotatable bonds is 7. The van der Waals surface area contributed by atoms with Gasteiger partial charge in [0.25, 0.3) is 5.89 Å². The number of halogens is 1. The van der Waals surface area contributed by atoms with Crippen LogP contribution in [0.3, 0.4) is 0 Å². The second-order valence-electron chi connectivity index (χ2n) is 8.17. The van der Waals surface area contributed by atoms with Gasteiger partial charge in [0.05, 0.1) is 40.3 Å². The second-order valence-corrected chi connectivity index (χ2v) is 8.17. The maximum Gasteiger partial charge on any atom is 0.268 e. The summed E-state index contributed by atoms with van der Waals surface area (Å²) < 4.78 is 19.7. The Hall–Kier alpha value is -4.23. The summed E-state index contributed by atoms with van der Waals surface area (Å²) in [7, 11) is 0. The molecular formula is C24H31FN8O. The highest BCUT2D eigenvalue weighted by atomic mass is 19.1. The largest absolute Gasteiger partial charge is 0.414 e. The number of nitrogens with zero attached hydrogens (tertiary/aromatic N) is 6. The van der Waals surface area contributed by atoms with Crippen LogP contribution in [0.25, 0.3) is 34.3 Å². The van der Waals surface area contributed by atoms with E-state index in [0.717, 1.165) is 5.56 Å². The molecule has 0 amide bonds. The maximum atomic E-state index is 13.8. The zero-order chi connectivity index (χ0) is 24.3. The normalized spacial score (nSPS) is 11.3. The van der Waals surface area contributed by atoms with E-state index in [-0.39, 0.29) is 17.5 Å². The summed E-state index contributed by atoms with van der Waals surface area (Å²) in [6.07, 6.45) is 3.28. The van der Waals surface area contributed by atoms with Crippen LogP contribution in [0.5, 0.6) is 0 Å². The van der Waals surface area contributed by atoms with Gasteiger partial charge in [-0.05, 0) is 51.1 Å². The van der Waals surface area contributed by atoms with E-state index in [1.54, 1.807) is 45.3 Å². The fraction of sp³-hybridized carbons (Fsp3) is 0.250. The molecule has 0 aliphatic heterocycles. The van der Waals surface area contributed by atoms with Crippen molar-refractivity contribution in [2.75, 3.05) is 18.4 Å². The van der Waals surface area contributed by atoms with Gasteiger partial charge < -0.3 is 15.5 Å². The molecule has 4 aromatic rings. The first-order valence-corrected chi connectivity index (χ1v) is 10.6. The molecule has 0 spiro atoms. The van der Waals surface area contributed by atoms with Crippen molar-refractivity contribution in [2.45, 2.75) is 26.2 Å². The van der Waals surface area contributed by atoms with E-state index in [4.69, 9.17) is 15.1 Å². The van der Waals surface area contributed by atoms with Crippen LogP contribution in [0.15, 0.2) is 47.1 Å². The topological polar surface area (TPSA) is 139 Å². The minimum absolute atomic E-state index is 0. The summed E-state index contributed by atoms with van der Waals surface area (Å²) in [5.74, 6) is -0.000561.